The number of nitrogens with one attached hydrogen (secondary N) is 1. The molecule has 1 N–H and O–H groups in total. The SMILES string of the molecule is CSc1ncc(Br)c(C(=O)N[C@H]2CC[C@@H](N(C)c3cc(C(F)(F)F)nc4ccc(Cl)cc34)CC2)n1. The van der Waals surface area contributed by atoms with Crippen molar-refractivity contribution in [1.29, 1.82) is 0 Å². The third-order valence-electron chi connectivity index (χ3n) is 6.12. The van der Waals surface area contributed by atoms with Gasteiger partial charge in [-0.05, 0) is 72.1 Å². The molecule has 12 heteroatoms. The molecule has 0 spiro atoms. The predicted octanol–water partition coefficient (Wildman–Crippen LogP) is 6.36. The molecule has 35 heavy (non-hydrogen) atoms. The van der Waals surface area contributed by atoms with Gasteiger partial charge in [-0.1, -0.05) is 23.4 Å². The van der Waals surface area contributed by atoms with Crippen molar-refractivity contribution in [1.82, 2.24) is 20.3 Å². The third-order valence-corrected chi connectivity index (χ3v) is 7.50. The Balaban J connectivity index is 1.49. The number of carbonyl (C=O) groups is 1. The lowest BCUT2D eigenvalue weighted by atomic mass is 9.89. The number of hydrogen-bond donors (Lipinski definition) is 1. The molecule has 1 aliphatic carbocycles. The van der Waals surface area contributed by atoms with E-state index in [1.807, 2.05) is 11.2 Å². The lowest BCUT2D eigenvalue weighted by Gasteiger charge is -2.37. The number of halogens is 5. The Hall–Kier alpha value is -2.11. The van der Waals surface area contributed by atoms with Crippen molar-refractivity contribution < 1.29 is 18.0 Å². The molecule has 186 valence electrons. The first-order valence-electron chi connectivity index (χ1n) is 10.8. The van der Waals surface area contributed by atoms with Crippen molar-refractivity contribution in [3.05, 3.63) is 51.3 Å². The van der Waals surface area contributed by atoms with Gasteiger partial charge in [-0.25, -0.2) is 15.0 Å². The number of fused-ring (bicyclic) bond motifs is 1. The van der Waals surface area contributed by atoms with Gasteiger partial charge in [0.2, 0.25) is 0 Å². The van der Waals surface area contributed by atoms with Gasteiger partial charge in [0.1, 0.15) is 11.4 Å². The molecule has 3 aromatic rings. The molecule has 1 fully saturated rings. The Bertz CT molecular complexity index is 1250. The molecule has 0 unspecified atom stereocenters. The Morgan fingerprint density at radius 3 is 2.57 bits per heavy atom. The summed E-state index contributed by atoms with van der Waals surface area (Å²) in [6.07, 6.45) is 1.61. The molecule has 1 saturated carbocycles. The van der Waals surface area contributed by atoms with Crippen LogP contribution in [0.5, 0.6) is 0 Å². The van der Waals surface area contributed by atoms with Crippen LogP contribution < -0.4 is 10.2 Å². The van der Waals surface area contributed by atoms with E-state index in [0.29, 0.717) is 51.4 Å². The fraction of sp³-hybridized carbons (Fsp3) is 0.391. The lowest BCUT2D eigenvalue weighted by Crippen LogP contribution is -2.43. The summed E-state index contributed by atoms with van der Waals surface area (Å²) in [5.41, 5.74) is 0.0254. The number of nitrogens with zero attached hydrogens (tertiary/aromatic N) is 4. The molecule has 0 radical (unpaired) electrons. The van der Waals surface area contributed by atoms with E-state index >= 15 is 0 Å². The van der Waals surface area contributed by atoms with Crippen LogP contribution in [0.2, 0.25) is 5.02 Å². The minimum atomic E-state index is -4.56. The van der Waals surface area contributed by atoms with Crippen molar-refractivity contribution in [2.45, 2.75) is 49.1 Å². The Labute approximate surface area is 218 Å². The molecule has 0 bridgehead atoms. The maximum atomic E-state index is 13.5. The molecule has 0 saturated heterocycles. The summed E-state index contributed by atoms with van der Waals surface area (Å²) < 4.78 is 41.0. The van der Waals surface area contributed by atoms with Gasteiger partial charge < -0.3 is 10.2 Å². The maximum absolute atomic E-state index is 13.5. The summed E-state index contributed by atoms with van der Waals surface area (Å²) in [6.45, 7) is 0. The predicted molar refractivity (Wildman–Crippen MR) is 135 cm³/mol. The zero-order valence-electron chi connectivity index (χ0n) is 18.9. The Morgan fingerprint density at radius 2 is 1.91 bits per heavy atom. The van der Waals surface area contributed by atoms with Gasteiger partial charge in [0.25, 0.3) is 5.91 Å². The minimum Gasteiger partial charge on any atom is -0.371 e. The largest absolute Gasteiger partial charge is 0.433 e. The molecular formula is C23H22BrClF3N5OS. The molecule has 1 aliphatic rings. The van der Waals surface area contributed by atoms with E-state index in [1.165, 1.54) is 23.9 Å². The average molecular weight is 589 g/mol. The summed E-state index contributed by atoms with van der Waals surface area (Å²) in [4.78, 5) is 26.8. The van der Waals surface area contributed by atoms with Gasteiger partial charge in [0.05, 0.1) is 9.99 Å². The molecule has 1 amide bonds. The monoisotopic (exact) mass is 587 g/mol. The maximum Gasteiger partial charge on any atom is 0.433 e. The Morgan fingerprint density at radius 1 is 1.20 bits per heavy atom. The molecule has 2 aromatic heterocycles. The first-order chi connectivity index (χ1) is 16.6. The number of thioether (sulfide) groups is 1. The molecule has 0 aliphatic heterocycles. The summed E-state index contributed by atoms with van der Waals surface area (Å²) >= 11 is 10.8. The average Bonchev–Trinajstić information content (AvgIpc) is 2.83. The number of aromatic nitrogens is 3. The van der Waals surface area contributed by atoms with Gasteiger partial charge in [-0.15, -0.1) is 0 Å². The van der Waals surface area contributed by atoms with Crippen LogP contribution >= 0.6 is 39.3 Å². The molecule has 6 nitrogen and oxygen atoms in total. The van der Waals surface area contributed by atoms with E-state index in [1.54, 1.807) is 19.3 Å². The van der Waals surface area contributed by atoms with E-state index in [0.717, 1.165) is 6.07 Å². The number of pyridine rings is 1. The van der Waals surface area contributed by atoms with Crippen LogP contribution in [0, 0.1) is 0 Å². The van der Waals surface area contributed by atoms with Crippen molar-refractivity contribution in [3.63, 3.8) is 0 Å². The standard InChI is InChI=1S/C23H22BrClF3N5OS/c1-33(18-10-19(23(26,27)28)31-17-8-3-12(25)9-15(17)18)14-6-4-13(5-7-14)30-21(34)20-16(24)11-29-22(32-20)35-2/h3,8-11,13-14H,4-7H2,1-2H3,(H,30,34)/t13-,14+. The molecular weight excluding hydrogens is 567 g/mol. The van der Waals surface area contributed by atoms with Crippen molar-refractivity contribution in [3.8, 4) is 0 Å². The zero-order chi connectivity index (χ0) is 25.3. The van der Waals surface area contributed by atoms with Crippen molar-refractivity contribution in [2.75, 3.05) is 18.2 Å². The summed E-state index contributed by atoms with van der Waals surface area (Å²) in [6, 6.07) is 5.72. The van der Waals surface area contributed by atoms with E-state index < -0.39 is 11.9 Å². The van der Waals surface area contributed by atoms with Gasteiger partial charge in [-0.2, -0.15) is 13.2 Å². The topological polar surface area (TPSA) is 71.0 Å². The lowest BCUT2D eigenvalue weighted by molar-refractivity contribution is -0.140. The summed E-state index contributed by atoms with van der Waals surface area (Å²) in [5.74, 6) is -0.282. The van der Waals surface area contributed by atoms with Crippen molar-refractivity contribution >= 4 is 61.8 Å². The van der Waals surface area contributed by atoms with Crippen LogP contribution in [0.3, 0.4) is 0 Å². The van der Waals surface area contributed by atoms with E-state index in [9.17, 15) is 18.0 Å². The first-order valence-corrected chi connectivity index (χ1v) is 13.2. The number of benzene rings is 1. The molecule has 0 atom stereocenters. The third kappa shape index (κ3) is 5.83. The molecule has 1 aromatic carbocycles. The van der Waals surface area contributed by atoms with E-state index in [-0.39, 0.29) is 29.2 Å². The highest BCUT2D eigenvalue weighted by Gasteiger charge is 2.35. The first kappa shape index (κ1) is 26.0. The van der Waals surface area contributed by atoms with Crippen LogP contribution in [0.1, 0.15) is 41.9 Å². The molecule has 2 heterocycles. The zero-order valence-corrected chi connectivity index (χ0v) is 22.0. The van der Waals surface area contributed by atoms with Crippen LogP contribution in [-0.4, -0.2) is 46.2 Å². The minimum absolute atomic E-state index is 0.00250. The van der Waals surface area contributed by atoms with E-state index in [2.05, 4.69) is 36.2 Å². The van der Waals surface area contributed by atoms with E-state index in [4.69, 9.17) is 11.6 Å². The highest BCUT2D eigenvalue weighted by molar-refractivity contribution is 9.10. The van der Waals surface area contributed by atoms with Crippen LogP contribution in [0.15, 0.2) is 40.1 Å². The fourth-order valence-electron chi connectivity index (χ4n) is 4.28. The highest BCUT2D eigenvalue weighted by Crippen LogP contribution is 2.37. The van der Waals surface area contributed by atoms with Crippen LogP contribution in [0.4, 0.5) is 18.9 Å². The number of amides is 1. The second-order valence-electron chi connectivity index (χ2n) is 8.33. The van der Waals surface area contributed by atoms with Crippen LogP contribution in [-0.2, 0) is 6.18 Å². The smallest absolute Gasteiger partial charge is 0.371 e. The number of rotatable bonds is 5. The second kappa shape index (κ2) is 10.5. The number of carbonyl (C=O) groups excluding carboxylic acids is 1. The highest BCUT2D eigenvalue weighted by atomic mass is 79.9. The summed E-state index contributed by atoms with van der Waals surface area (Å²) in [5, 5.41) is 4.54. The fourth-order valence-corrected chi connectivity index (χ4v) is 5.17. The normalized spacial score (nSPS) is 18.5. The van der Waals surface area contributed by atoms with Crippen molar-refractivity contribution in [2.24, 2.45) is 0 Å². The second-order valence-corrected chi connectivity index (χ2v) is 10.4. The summed E-state index contributed by atoms with van der Waals surface area (Å²) in [7, 11) is 1.79. The van der Waals surface area contributed by atoms with Gasteiger partial charge in [-0.3, -0.25) is 4.79 Å². The number of alkyl halides is 3. The van der Waals surface area contributed by atoms with Gasteiger partial charge in [0.15, 0.2) is 5.16 Å². The molecule has 4 rings (SSSR count). The van der Waals surface area contributed by atoms with Crippen LogP contribution in [0.25, 0.3) is 10.9 Å². The number of hydrogen-bond acceptors (Lipinski definition) is 6. The quantitative estimate of drug-likeness (QED) is 0.276. The number of anilines is 1. The van der Waals surface area contributed by atoms with Gasteiger partial charge >= 0.3 is 6.18 Å². The van der Waals surface area contributed by atoms with Gasteiger partial charge in [0, 0.05) is 41.4 Å². The Kier molecular flexibility index (Phi) is 7.77.